The number of anilines is 2. The standard InChI is InChI=1S/C21H26ClN7O3/c22-13-4-5-14-16(11-13)25-18(23)12-17(14)28-7-9-29(10-8-28)21(31)26-15-3-1-2-6-24-19(15)20(30)27-32/h4-5,11-12,15,19,24H,1-3,6-10H2,(H2,23,25)(H,26,31). The van der Waals surface area contributed by atoms with Crippen LogP contribution in [0.3, 0.4) is 0 Å². The molecular weight excluding hydrogens is 434 g/mol. The number of fused-ring (bicyclic) bond motifs is 1. The van der Waals surface area contributed by atoms with Gasteiger partial charge in [-0.15, -0.1) is 4.91 Å². The average Bonchev–Trinajstić information content (AvgIpc) is 3.03. The number of aromatic nitrogens is 1. The van der Waals surface area contributed by atoms with Crippen molar-refractivity contribution in [1.29, 1.82) is 0 Å². The minimum absolute atomic E-state index is 0.243. The average molecular weight is 460 g/mol. The summed E-state index contributed by atoms with van der Waals surface area (Å²) < 4.78 is 0. The fourth-order valence-electron chi connectivity index (χ4n) is 4.39. The van der Waals surface area contributed by atoms with E-state index in [1.807, 2.05) is 18.2 Å². The minimum atomic E-state index is -0.779. The molecule has 4 N–H and O–H groups in total. The third-order valence-electron chi connectivity index (χ3n) is 6.05. The summed E-state index contributed by atoms with van der Waals surface area (Å²) >= 11 is 6.10. The predicted octanol–water partition coefficient (Wildman–Crippen LogP) is 2.11. The Hall–Kier alpha value is -2.98. The van der Waals surface area contributed by atoms with Crippen LogP contribution in [-0.4, -0.2) is 66.6 Å². The molecular formula is C21H26ClN7O3. The lowest BCUT2D eigenvalue weighted by Gasteiger charge is -2.37. The maximum absolute atomic E-state index is 12.9. The molecule has 2 unspecified atom stereocenters. The predicted molar refractivity (Wildman–Crippen MR) is 124 cm³/mol. The summed E-state index contributed by atoms with van der Waals surface area (Å²) in [5.41, 5.74) is 7.69. The summed E-state index contributed by atoms with van der Waals surface area (Å²) in [7, 11) is 0. The Balaban J connectivity index is 1.42. The van der Waals surface area contributed by atoms with Crippen LogP contribution in [0.4, 0.5) is 16.3 Å². The first kappa shape index (κ1) is 22.2. The quantitative estimate of drug-likeness (QED) is 0.598. The molecule has 0 saturated carbocycles. The zero-order valence-electron chi connectivity index (χ0n) is 17.6. The Labute approximate surface area is 190 Å². The van der Waals surface area contributed by atoms with Gasteiger partial charge < -0.3 is 26.2 Å². The van der Waals surface area contributed by atoms with E-state index in [9.17, 15) is 14.5 Å². The molecule has 2 atom stereocenters. The first-order valence-corrected chi connectivity index (χ1v) is 11.1. The number of pyridine rings is 1. The molecule has 2 saturated heterocycles. The number of carbonyl (C=O) groups is 2. The first-order valence-electron chi connectivity index (χ1n) is 10.7. The van der Waals surface area contributed by atoms with E-state index in [0.717, 1.165) is 29.4 Å². The lowest BCUT2D eigenvalue weighted by molar-refractivity contribution is -0.120. The van der Waals surface area contributed by atoms with Crippen molar-refractivity contribution in [3.63, 3.8) is 0 Å². The second-order valence-electron chi connectivity index (χ2n) is 8.11. The number of urea groups is 1. The Morgan fingerprint density at radius 2 is 1.97 bits per heavy atom. The molecule has 2 aliphatic heterocycles. The van der Waals surface area contributed by atoms with Crippen LogP contribution >= 0.6 is 11.6 Å². The highest BCUT2D eigenvalue weighted by atomic mass is 35.5. The van der Waals surface area contributed by atoms with Gasteiger partial charge in [-0.1, -0.05) is 18.0 Å². The smallest absolute Gasteiger partial charge is 0.317 e. The molecule has 10 nitrogen and oxygen atoms in total. The maximum Gasteiger partial charge on any atom is 0.317 e. The number of nitrogens with two attached hydrogens (primary N) is 1. The molecule has 11 heteroatoms. The summed E-state index contributed by atoms with van der Waals surface area (Å²) in [6.45, 7) is 2.87. The van der Waals surface area contributed by atoms with Crippen LogP contribution in [0.1, 0.15) is 19.3 Å². The van der Waals surface area contributed by atoms with Gasteiger partial charge in [0.15, 0.2) is 0 Å². The van der Waals surface area contributed by atoms with Crippen molar-refractivity contribution in [3.05, 3.63) is 34.2 Å². The minimum Gasteiger partial charge on any atom is -0.384 e. The van der Waals surface area contributed by atoms with Gasteiger partial charge in [0.1, 0.15) is 11.9 Å². The largest absolute Gasteiger partial charge is 0.384 e. The molecule has 1 aromatic carbocycles. The number of hydrogen-bond acceptors (Lipinski definition) is 7. The number of nitrogens with zero attached hydrogens (tertiary/aromatic N) is 4. The number of halogens is 1. The Morgan fingerprint density at radius 3 is 2.72 bits per heavy atom. The van der Waals surface area contributed by atoms with E-state index in [1.165, 1.54) is 0 Å². The van der Waals surface area contributed by atoms with Crippen molar-refractivity contribution in [2.24, 2.45) is 5.18 Å². The molecule has 0 bridgehead atoms. The van der Waals surface area contributed by atoms with Crippen LogP contribution in [0.25, 0.3) is 10.9 Å². The Bertz CT molecular complexity index is 1020. The summed E-state index contributed by atoms with van der Waals surface area (Å²) in [5.74, 6) is -0.362. The molecule has 1 aromatic heterocycles. The second kappa shape index (κ2) is 9.66. The number of amides is 3. The van der Waals surface area contributed by atoms with Crippen LogP contribution < -0.4 is 21.3 Å². The Morgan fingerprint density at radius 1 is 1.19 bits per heavy atom. The zero-order chi connectivity index (χ0) is 22.7. The number of hydrogen-bond donors (Lipinski definition) is 3. The van der Waals surface area contributed by atoms with Gasteiger partial charge in [0.2, 0.25) is 0 Å². The number of rotatable bonds is 3. The maximum atomic E-state index is 12.9. The van der Waals surface area contributed by atoms with E-state index in [2.05, 4.69) is 25.7 Å². The number of nitrogens with one attached hydrogen (secondary N) is 2. The van der Waals surface area contributed by atoms with Crippen LogP contribution in [0.15, 0.2) is 29.4 Å². The fraction of sp³-hybridized carbons (Fsp3) is 0.476. The Kier molecular flexibility index (Phi) is 6.71. The van der Waals surface area contributed by atoms with E-state index in [1.54, 1.807) is 11.0 Å². The third-order valence-corrected chi connectivity index (χ3v) is 6.29. The van der Waals surface area contributed by atoms with Gasteiger partial charge in [0.05, 0.1) is 11.6 Å². The van der Waals surface area contributed by atoms with Crippen molar-refractivity contribution in [3.8, 4) is 0 Å². The normalized spacial score (nSPS) is 21.8. The lowest BCUT2D eigenvalue weighted by atomic mass is 10.0. The van der Waals surface area contributed by atoms with Crippen molar-refractivity contribution in [2.45, 2.75) is 31.3 Å². The highest BCUT2D eigenvalue weighted by Crippen LogP contribution is 2.30. The van der Waals surface area contributed by atoms with Gasteiger partial charge in [-0.25, -0.2) is 9.78 Å². The molecule has 0 aliphatic carbocycles. The summed E-state index contributed by atoms with van der Waals surface area (Å²) in [6.07, 6.45) is 2.35. The number of piperazine rings is 1. The highest BCUT2D eigenvalue weighted by Gasteiger charge is 2.33. The van der Waals surface area contributed by atoms with E-state index in [-0.39, 0.29) is 6.03 Å². The van der Waals surface area contributed by atoms with Crippen molar-refractivity contribution < 1.29 is 9.59 Å². The first-order chi connectivity index (χ1) is 15.5. The summed E-state index contributed by atoms with van der Waals surface area (Å²) in [5, 5.41) is 10.1. The molecule has 0 radical (unpaired) electrons. The van der Waals surface area contributed by atoms with E-state index >= 15 is 0 Å². The number of benzene rings is 1. The number of nitrogen functional groups attached to an aromatic ring is 1. The summed E-state index contributed by atoms with van der Waals surface area (Å²) in [4.78, 5) is 43.8. The van der Waals surface area contributed by atoms with Gasteiger partial charge in [0, 0.05) is 53.5 Å². The fourth-order valence-corrected chi connectivity index (χ4v) is 4.56. The van der Waals surface area contributed by atoms with E-state index in [4.69, 9.17) is 17.3 Å². The van der Waals surface area contributed by atoms with Crippen molar-refractivity contribution in [2.75, 3.05) is 43.4 Å². The van der Waals surface area contributed by atoms with Gasteiger partial charge in [0.25, 0.3) is 0 Å². The van der Waals surface area contributed by atoms with Crippen LogP contribution in [0.5, 0.6) is 0 Å². The third kappa shape index (κ3) is 4.76. The zero-order valence-corrected chi connectivity index (χ0v) is 18.3. The monoisotopic (exact) mass is 459 g/mol. The highest BCUT2D eigenvalue weighted by molar-refractivity contribution is 6.31. The SMILES string of the molecule is Nc1cc(N2CCN(C(=O)NC3CCCCNC3C(=O)N=O)CC2)c2ccc(Cl)cc2n1. The van der Waals surface area contributed by atoms with Crippen molar-refractivity contribution in [1.82, 2.24) is 20.5 Å². The van der Waals surface area contributed by atoms with Crippen molar-refractivity contribution >= 4 is 45.9 Å². The van der Waals surface area contributed by atoms with Gasteiger partial charge in [-0.3, -0.25) is 4.79 Å². The van der Waals surface area contributed by atoms with Crippen LogP contribution in [0.2, 0.25) is 5.02 Å². The molecule has 32 heavy (non-hydrogen) atoms. The molecule has 2 aliphatic rings. The van der Waals surface area contributed by atoms with Gasteiger partial charge in [-0.05, 0) is 37.6 Å². The van der Waals surface area contributed by atoms with Crippen LogP contribution in [0, 0.1) is 4.91 Å². The second-order valence-corrected chi connectivity index (χ2v) is 8.55. The molecule has 2 aromatic rings. The lowest BCUT2D eigenvalue weighted by Crippen LogP contribution is -2.58. The summed E-state index contributed by atoms with van der Waals surface area (Å²) in [6, 6.07) is 5.89. The van der Waals surface area contributed by atoms with Gasteiger partial charge >= 0.3 is 11.9 Å². The molecule has 4 rings (SSSR count). The van der Waals surface area contributed by atoms with Gasteiger partial charge in [-0.2, -0.15) is 0 Å². The topological polar surface area (TPSA) is 133 Å². The molecule has 3 heterocycles. The number of carbonyl (C=O) groups excluding carboxylic acids is 2. The van der Waals surface area contributed by atoms with E-state index in [0.29, 0.717) is 50.0 Å². The molecule has 2 fully saturated rings. The number of nitroso groups, excluding NO2 is 1. The molecule has 170 valence electrons. The van der Waals surface area contributed by atoms with Crippen LogP contribution in [-0.2, 0) is 4.79 Å². The van der Waals surface area contributed by atoms with E-state index < -0.39 is 18.0 Å². The molecule has 0 spiro atoms. The molecule has 3 amide bonds.